The summed E-state index contributed by atoms with van der Waals surface area (Å²) in [5, 5.41) is 2.65. The van der Waals surface area contributed by atoms with E-state index in [9.17, 15) is 4.79 Å². The molecule has 0 saturated carbocycles. The number of likely N-dealkylation sites (N-methyl/N-ethyl adjacent to an activating group) is 2. The topological polar surface area (TPSA) is 58.4 Å². The van der Waals surface area contributed by atoms with Gasteiger partial charge in [-0.25, -0.2) is 0 Å². The maximum atomic E-state index is 11.5. The van der Waals surface area contributed by atoms with Crippen molar-refractivity contribution in [3.8, 4) is 0 Å². The number of carbonyl (C=O) groups is 1. The molecule has 0 aliphatic heterocycles. The van der Waals surface area contributed by atoms with Gasteiger partial charge in [-0.1, -0.05) is 6.92 Å². The number of carbonyl (C=O) groups excluding carboxylic acids is 1. The monoisotopic (exact) mass is 333 g/mol. The summed E-state index contributed by atoms with van der Waals surface area (Å²) in [6, 6.07) is 4.13. The van der Waals surface area contributed by atoms with Crippen molar-refractivity contribution in [1.29, 1.82) is 0 Å². The standard InChI is InChI=1S/C12H20BrN3OS/c1-4-16(7-11(17)15-3)12(8(2)14)9-5-6-10(13)18-9/h5-6,8,12H,4,7,14H2,1-3H3,(H,15,17). The van der Waals surface area contributed by atoms with E-state index in [1.54, 1.807) is 18.4 Å². The summed E-state index contributed by atoms with van der Waals surface area (Å²) in [4.78, 5) is 14.8. The Balaban J connectivity index is 2.91. The predicted octanol–water partition coefficient (Wildman–Crippen LogP) is 1.97. The summed E-state index contributed by atoms with van der Waals surface area (Å²) in [6.07, 6.45) is 0. The van der Waals surface area contributed by atoms with Gasteiger partial charge in [0.2, 0.25) is 5.91 Å². The van der Waals surface area contributed by atoms with Crippen LogP contribution in [0, 0.1) is 0 Å². The number of rotatable bonds is 6. The molecule has 4 nitrogen and oxygen atoms in total. The number of amides is 1. The molecule has 0 radical (unpaired) electrons. The lowest BCUT2D eigenvalue weighted by molar-refractivity contribution is -0.122. The molecule has 1 amide bonds. The first-order valence-electron chi connectivity index (χ1n) is 5.95. The lowest BCUT2D eigenvalue weighted by Gasteiger charge is -2.32. The molecule has 1 heterocycles. The summed E-state index contributed by atoms with van der Waals surface area (Å²) in [5.41, 5.74) is 6.09. The number of nitrogens with one attached hydrogen (secondary N) is 1. The van der Waals surface area contributed by atoms with Gasteiger partial charge in [0.1, 0.15) is 0 Å². The SMILES string of the molecule is CCN(CC(=O)NC)C(c1ccc(Br)s1)C(C)N. The summed E-state index contributed by atoms with van der Waals surface area (Å²) in [6.45, 7) is 5.18. The van der Waals surface area contributed by atoms with Crippen LogP contribution in [-0.4, -0.2) is 37.0 Å². The molecule has 0 aliphatic carbocycles. The molecule has 1 aromatic rings. The summed E-state index contributed by atoms with van der Waals surface area (Å²) < 4.78 is 1.08. The molecule has 6 heteroatoms. The molecule has 2 atom stereocenters. The second-order valence-electron chi connectivity index (χ2n) is 4.18. The first-order valence-corrected chi connectivity index (χ1v) is 7.56. The Morgan fingerprint density at radius 2 is 2.28 bits per heavy atom. The van der Waals surface area contributed by atoms with Crippen molar-refractivity contribution in [2.75, 3.05) is 20.1 Å². The minimum Gasteiger partial charge on any atom is -0.358 e. The number of nitrogens with zero attached hydrogens (tertiary/aromatic N) is 1. The quantitative estimate of drug-likeness (QED) is 0.836. The number of hydrogen-bond acceptors (Lipinski definition) is 4. The highest BCUT2D eigenvalue weighted by molar-refractivity contribution is 9.11. The molecule has 0 saturated heterocycles. The van der Waals surface area contributed by atoms with Gasteiger partial charge < -0.3 is 11.1 Å². The third-order valence-corrected chi connectivity index (χ3v) is 4.50. The van der Waals surface area contributed by atoms with Crippen LogP contribution in [0.1, 0.15) is 24.8 Å². The maximum absolute atomic E-state index is 11.5. The van der Waals surface area contributed by atoms with Crippen LogP contribution in [0.5, 0.6) is 0 Å². The van der Waals surface area contributed by atoms with E-state index in [2.05, 4.69) is 32.2 Å². The number of halogens is 1. The number of nitrogens with two attached hydrogens (primary N) is 1. The third-order valence-electron chi connectivity index (χ3n) is 2.81. The summed E-state index contributed by atoms with van der Waals surface area (Å²) in [5.74, 6) is 0.0121. The van der Waals surface area contributed by atoms with Crippen molar-refractivity contribution in [1.82, 2.24) is 10.2 Å². The van der Waals surface area contributed by atoms with Gasteiger partial charge in [0.25, 0.3) is 0 Å². The zero-order valence-electron chi connectivity index (χ0n) is 10.9. The minimum absolute atomic E-state index is 0.0121. The molecule has 0 aromatic carbocycles. The van der Waals surface area contributed by atoms with Crippen molar-refractivity contribution >= 4 is 33.2 Å². The first-order chi connectivity index (χ1) is 8.49. The molecular weight excluding hydrogens is 314 g/mol. The Kier molecular flexibility index (Phi) is 6.28. The van der Waals surface area contributed by atoms with Crippen LogP contribution in [0.15, 0.2) is 15.9 Å². The van der Waals surface area contributed by atoms with Gasteiger partial charge in [0.05, 0.1) is 16.4 Å². The average Bonchev–Trinajstić information content (AvgIpc) is 2.73. The van der Waals surface area contributed by atoms with Crippen molar-refractivity contribution in [3.05, 3.63) is 20.8 Å². The third kappa shape index (κ3) is 4.05. The molecular formula is C12H20BrN3OS. The van der Waals surface area contributed by atoms with Gasteiger partial charge in [0, 0.05) is 18.0 Å². The smallest absolute Gasteiger partial charge is 0.233 e. The van der Waals surface area contributed by atoms with Crippen LogP contribution in [0.2, 0.25) is 0 Å². The zero-order chi connectivity index (χ0) is 13.7. The van der Waals surface area contributed by atoms with Crippen molar-refractivity contribution in [2.24, 2.45) is 5.73 Å². The van der Waals surface area contributed by atoms with E-state index in [4.69, 9.17) is 5.73 Å². The Bertz CT molecular complexity index is 394. The highest BCUT2D eigenvalue weighted by Crippen LogP contribution is 2.32. The van der Waals surface area contributed by atoms with Crippen LogP contribution in [-0.2, 0) is 4.79 Å². The Labute approximate surface area is 121 Å². The molecule has 0 aliphatic rings. The van der Waals surface area contributed by atoms with Gasteiger partial charge in [-0.15, -0.1) is 11.3 Å². The lowest BCUT2D eigenvalue weighted by Crippen LogP contribution is -2.43. The van der Waals surface area contributed by atoms with Crippen molar-refractivity contribution in [2.45, 2.75) is 25.9 Å². The van der Waals surface area contributed by atoms with E-state index in [-0.39, 0.29) is 18.0 Å². The van der Waals surface area contributed by atoms with Crippen molar-refractivity contribution < 1.29 is 4.79 Å². The van der Waals surface area contributed by atoms with Gasteiger partial charge in [-0.2, -0.15) is 0 Å². The number of thiophene rings is 1. The van der Waals surface area contributed by atoms with Crippen LogP contribution < -0.4 is 11.1 Å². The normalized spacial score (nSPS) is 14.6. The van der Waals surface area contributed by atoms with E-state index in [1.807, 2.05) is 19.9 Å². The molecule has 0 spiro atoms. The highest BCUT2D eigenvalue weighted by Gasteiger charge is 2.25. The average molecular weight is 334 g/mol. The van der Waals surface area contributed by atoms with E-state index in [1.165, 1.54) is 4.88 Å². The van der Waals surface area contributed by atoms with Crippen LogP contribution in [0.3, 0.4) is 0 Å². The molecule has 18 heavy (non-hydrogen) atoms. The van der Waals surface area contributed by atoms with Gasteiger partial charge in [0.15, 0.2) is 0 Å². The number of hydrogen-bond donors (Lipinski definition) is 2. The van der Waals surface area contributed by atoms with E-state index in [0.29, 0.717) is 6.54 Å². The molecule has 0 fully saturated rings. The fourth-order valence-corrected chi connectivity index (χ4v) is 3.60. The van der Waals surface area contributed by atoms with Gasteiger partial charge >= 0.3 is 0 Å². The fraction of sp³-hybridized carbons (Fsp3) is 0.583. The molecule has 1 aromatic heterocycles. The Morgan fingerprint density at radius 3 is 2.67 bits per heavy atom. The first kappa shape index (κ1) is 15.6. The van der Waals surface area contributed by atoms with Crippen LogP contribution in [0.4, 0.5) is 0 Å². The van der Waals surface area contributed by atoms with E-state index in [0.717, 1.165) is 10.3 Å². The van der Waals surface area contributed by atoms with E-state index >= 15 is 0 Å². The Hall–Kier alpha value is -0.430. The largest absolute Gasteiger partial charge is 0.358 e. The molecule has 1 rings (SSSR count). The van der Waals surface area contributed by atoms with Gasteiger partial charge in [-0.3, -0.25) is 9.69 Å². The lowest BCUT2D eigenvalue weighted by atomic mass is 10.1. The summed E-state index contributed by atoms with van der Waals surface area (Å²) in [7, 11) is 1.65. The molecule has 3 N–H and O–H groups in total. The zero-order valence-corrected chi connectivity index (χ0v) is 13.3. The van der Waals surface area contributed by atoms with Gasteiger partial charge in [-0.05, 0) is 41.5 Å². The maximum Gasteiger partial charge on any atom is 0.233 e. The second kappa shape index (κ2) is 7.23. The minimum atomic E-state index is -0.0276. The van der Waals surface area contributed by atoms with E-state index < -0.39 is 0 Å². The fourth-order valence-electron chi connectivity index (χ4n) is 1.93. The molecule has 102 valence electrons. The highest BCUT2D eigenvalue weighted by atomic mass is 79.9. The molecule has 2 unspecified atom stereocenters. The Morgan fingerprint density at radius 1 is 1.61 bits per heavy atom. The molecule has 0 bridgehead atoms. The van der Waals surface area contributed by atoms with Crippen LogP contribution in [0.25, 0.3) is 0 Å². The summed E-state index contributed by atoms with van der Waals surface area (Å²) >= 11 is 5.13. The van der Waals surface area contributed by atoms with Crippen molar-refractivity contribution in [3.63, 3.8) is 0 Å². The predicted molar refractivity (Wildman–Crippen MR) is 79.7 cm³/mol. The van der Waals surface area contributed by atoms with Crippen LogP contribution >= 0.6 is 27.3 Å². The second-order valence-corrected chi connectivity index (χ2v) is 6.68.